The molecule has 0 radical (unpaired) electrons. The summed E-state index contributed by atoms with van der Waals surface area (Å²) in [6.45, 7) is 1.34. The summed E-state index contributed by atoms with van der Waals surface area (Å²) in [6, 6.07) is 13.4. The third kappa shape index (κ3) is 10.5. The lowest BCUT2D eigenvalue weighted by Crippen LogP contribution is -2.65. The zero-order valence-corrected chi connectivity index (χ0v) is 45.6. The summed E-state index contributed by atoms with van der Waals surface area (Å²) in [5.41, 5.74) is 3.04. The van der Waals surface area contributed by atoms with Crippen LogP contribution in [0.4, 0.5) is 5.69 Å². The average molecular weight is 1070 g/mol. The molecule has 0 spiro atoms. The number of ketones is 1. The van der Waals surface area contributed by atoms with Crippen LogP contribution < -0.4 is 15.4 Å². The van der Waals surface area contributed by atoms with E-state index in [0.717, 1.165) is 74.5 Å². The lowest BCUT2D eigenvalue weighted by atomic mass is 9.48. The number of carbonyl (C=O) groups excluding carboxylic acids is 3. The van der Waals surface area contributed by atoms with Crippen molar-refractivity contribution in [1.82, 2.24) is 5.32 Å². The van der Waals surface area contributed by atoms with E-state index in [1.807, 2.05) is 49.5 Å². The highest BCUT2D eigenvalue weighted by molar-refractivity contribution is 5.89. The van der Waals surface area contributed by atoms with Gasteiger partial charge in [0.25, 0.3) is 0 Å². The van der Waals surface area contributed by atoms with Gasteiger partial charge in [0.1, 0.15) is 40.7 Å². The Morgan fingerprint density at radius 2 is 1.62 bits per heavy atom. The highest BCUT2D eigenvalue weighted by Gasteiger charge is 2.62. The van der Waals surface area contributed by atoms with Crippen molar-refractivity contribution in [3.8, 4) is 23.3 Å². The molecule has 0 amide bonds. The van der Waals surface area contributed by atoms with E-state index in [0.29, 0.717) is 71.4 Å². The minimum absolute atomic E-state index is 0.0266. The molecular weight excluding hydrogens is 989 g/mol. The molecule has 14 unspecified atom stereocenters. The molecule has 14 nitrogen and oxygen atoms in total. The molecule has 4 fully saturated rings. The topological polar surface area (TPSA) is 224 Å². The summed E-state index contributed by atoms with van der Waals surface area (Å²) < 4.78 is 18.5. The number of aromatic hydroxyl groups is 1. The Balaban J connectivity index is 1.13. The predicted molar refractivity (Wildman–Crippen MR) is 293 cm³/mol. The average Bonchev–Trinajstić information content (AvgIpc) is 3.62. The first-order valence-electron chi connectivity index (χ1n) is 29.2. The number of nitrogens with one attached hydrogen (secondary N) is 2. The Labute approximate surface area is 458 Å². The molecule has 14 heteroatoms. The first-order valence-corrected chi connectivity index (χ1v) is 29.2. The maximum Gasteiger partial charge on any atom is 0.334 e. The first kappa shape index (κ1) is 54.8. The molecular formula is C64H80N2O12. The summed E-state index contributed by atoms with van der Waals surface area (Å²) in [6.07, 6.45) is 8.06. The molecule has 8 aliphatic rings. The van der Waals surface area contributed by atoms with Crippen molar-refractivity contribution in [2.75, 3.05) is 32.6 Å². The van der Waals surface area contributed by atoms with Gasteiger partial charge in [0, 0.05) is 73.2 Å². The number of phenols is 1. The zero-order chi connectivity index (χ0) is 54.6. The third-order valence-electron chi connectivity index (χ3n) is 19.9. The second-order valence-corrected chi connectivity index (χ2v) is 24.8. The van der Waals surface area contributed by atoms with Crippen molar-refractivity contribution in [1.29, 1.82) is 0 Å². The van der Waals surface area contributed by atoms with Gasteiger partial charge in [-0.3, -0.25) is 9.59 Å². The van der Waals surface area contributed by atoms with Crippen LogP contribution in [0.1, 0.15) is 172 Å². The molecule has 0 saturated heterocycles. The lowest BCUT2D eigenvalue weighted by molar-refractivity contribution is -0.228. The lowest BCUT2D eigenvalue weighted by Gasteiger charge is -2.59. The number of phenolic OH excluding ortho intramolecular Hbond substituents is 1. The SMILES string of the molecule is CNC1CCc2c(NCC(C)(O)C(O)COC)cc(C3C#CC4CC(=O)Oc5c4cc(c(O)c5C4CCCCC4)CC4OC(=O)C(=CC(O)Cc5cccc(c5)CC5C(=O)CCC6C5CC5CCCCC5C46O)C3)cc2C1O. The standard InChI is InChI=1S/C64H80N2O12/c1-63(74,55(69)33-76-3)34-66-53-30-41(28-49-45(53)18-20-52(65-2)60(49)72)38-16-17-39-32-57(70)78-61-46(39)29-42(59(71)58(61)37-12-5-4-6-13-37)31-56-64(75)50-15-8-7-14-40(50)27-47-48(54(68)21-19-51(47)64)24-36-11-9-10-35(22-36)23-44(67)26-43(25-38)62(73)77-56/h9-11,22,26,28-30,37-40,44,47-48,50-52,55-56,60,65-67,69,71-72,74-75H,4-8,12-15,18-21,23-25,27,31-34H2,1-3H3. The Kier molecular flexibility index (Phi) is 15.8. The van der Waals surface area contributed by atoms with Crippen LogP contribution in [0.15, 0.2) is 54.1 Å². The van der Waals surface area contributed by atoms with E-state index in [9.17, 15) is 40.2 Å². The minimum Gasteiger partial charge on any atom is -0.507 e. The fraction of sp³-hybridized carbons (Fsp3) is 0.609. The maximum absolute atomic E-state index is 15.9. The van der Waals surface area contributed by atoms with Crippen molar-refractivity contribution in [2.24, 2.45) is 29.6 Å². The number of likely N-dealkylation sites (N-methyl/N-ethyl adjacent to an activating group) is 1. The van der Waals surface area contributed by atoms with Gasteiger partial charge in [-0.1, -0.05) is 80.7 Å². The van der Waals surface area contributed by atoms with Crippen molar-refractivity contribution in [2.45, 2.75) is 188 Å². The molecule has 14 atom stereocenters. The van der Waals surface area contributed by atoms with E-state index < -0.39 is 65.3 Å². The van der Waals surface area contributed by atoms with Gasteiger partial charge >= 0.3 is 11.9 Å². The number of aliphatic hydroxyl groups excluding tert-OH is 3. The largest absolute Gasteiger partial charge is 0.507 e. The van der Waals surface area contributed by atoms with Crippen LogP contribution in [0.2, 0.25) is 0 Å². The highest BCUT2D eigenvalue weighted by atomic mass is 16.6. The molecule has 0 aromatic heterocycles. The highest BCUT2D eigenvalue weighted by Crippen LogP contribution is 2.59. The van der Waals surface area contributed by atoms with Gasteiger partial charge < -0.3 is 55.5 Å². The second kappa shape index (κ2) is 22.4. The van der Waals surface area contributed by atoms with Crippen LogP contribution in [0, 0.1) is 41.4 Å². The Bertz CT molecular complexity index is 2880. The van der Waals surface area contributed by atoms with Crippen LogP contribution in [-0.2, 0) is 49.5 Å². The van der Waals surface area contributed by atoms with Gasteiger partial charge in [0.2, 0.25) is 0 Å². The van der Waals surface area contributed by atoms with Crippen molar-refractivity contribution < 1.29 is 59.2 Å². The summed E-state index contributed by atoms with van der Waals surface area (Å²) in [4.78, 5) is 44.2. The van der Waals surface area contributed by atoms with E-state index >= 15 is 4.79 Å². The summed E-state index contributed by atoms with van der Waals surface area (Å²) >= 11 is 0. The van der Waals surface area contributed by atoms with Crippen LogP contribution in [-0.4, -0.2) is 111 Å². The molecule has 78 heavy (non-hydrogen) atoms. The molecule has 11 rings (SSSR count). The van der Waals surface area contributed by atoms with E-state index in [-0.39, 0.29) is 98.0 Å². The Morgan fingerprint density at radius 3 is 2.40 bits per heavy atom. The molecule has 10 bridgehead atoms. The van der Waals surface area contributed by atoms with Gasteiger partial charge in [-0.2, -0.15) is 0 Å². The number of methoxy groups -OCH3 is 1. The fourth-order valence-electron chi connectivity index (χ4n) is 15.8. The summed E-state index contributed by atoms with van der Waals surface area (Å²) in [7, 11) is 3.26. The number of ether oxygens (including phenoxy) is 3. The number of carbonyl (C=O) groups is 3. The first-order chi connectivity index (χ1) is 37.5. The molecule has 3 aliphatic heterocycles. The number of rotatable bonds is 9. The van der Waals surface area contributed by atoms with Crippen LogP contribution in [0.25, 0.3) is 0 Å². The normalized spacial score (nSPS) is 33.2. The van der Waals surface area contributed by atoms with E-state index in [2.05, 4.69) is 22.5 Å². The van der Waals surface area contributed by atoms with Gasteiger partial charge in [-0.15, -0.1) is 0 Å². The zero-order valence-electron chi connectivity index (χ0n) is 45.6. The van der Waals surface area contributed by atoms with Crippen molar-refractivity contribution in [3.63, 3.8) is 0 Å². The van der Waals surface area contributed by atoms with Crippen molar-refractivity contribution in [3.05, 3.63) is 98.6 Å². The molecule has 3 aromatic rings. The van der Waals surface area contributed by atoms with Crippen LogP contribution >= 0.6 is 0 Å². The number of fused-ring (bicyclic) bond motifs is 10. The Morgan fingerprint density at radius 1 is 0.859 bits per heavy atom. The van der Waals surface area contributed by atoms with Crippen LogP contribution in [0.5, 0.6) is 11.5 Å². The molecule has 3 aromatic carbocycles. The smallest absolute Gasteiger partial charge is 0.334 e. The number of esters is 2. The molecule has 4 saturated carbocycles. The Hall–Kier alpha value is -5.11. The number of aliphatic hydroxyl groups is 5. The number of anilines is 1. The second-order valence-electron chi connectivity index (χ2n) is 24.8. The quantitative estimate of drug-likeness (QED) is 0.0592. The number of Topliss-reactive ketones (excluding diaryl/α,β-unsaturated/α-hetero) is 1. The summed E-state index contributed by atoms with van der Waals surface area (Å²) in [5.74, 6) is 3.48. The molecule has 5 aliphatic carbocycles. The number of hydrogen-bond donors (Lipinski definition) is 8. The van der Waals surface area contributed by atoms with Gasteiger partial charge in [0.15, 0.2) is 0 Å². The van der Waals surface area contributed by atoms with Gasteiger partial charge in [-0.05, 0) is 153 Å². The maximum atomic E-state index is 15.9. The monoisotopic (exact) mass is 1070 g/mol. The van der Waals surface area contributed by atoms with E-state index in [1.165, 1.54) is 14.0 Å². The predicted octanol–water partition coefficient (Wildman–Crippen LogP) is 7.45. The van der Waals surface area contributed by atoms with E-state index in [1.54, 1.807) is 6.08 Å². The molecule has 3 heterocycles. The summed E-state index contributed by atoms with van der Waals surface area (Å²) in [5, 5.41) is 80.6. The molecule has 418 valence electrons. The van der Waals surface area contributed by atoms with E-state index in [4.69, 9.17) is 14.2 Å². The third-order valence-corrected chi connectivity index (χ3v) is 19.9. The number of benzene rings is 3. The molecule has 8 N–H and O–H groups in total. The fourth-order valence-corrected chi connectivity index (χ4v) is 15.8. The minimum atomic E-state index is -1.63. The van der Waals surface area contributed by atoms with Crippen LogP contribution in [0.3, 0.4) is 0 Å². The van der Waals surface area contributed by atoms with Gasteiger partial charge in [0.05, 0.1) is 31.2 Å². The van der Waals surface area contributed by atoms with Crippen molar-refractivity contribution >= 4 is 23.4 Å². The number of hydrogen-bond acceptors (Lipinski definition) is 14. The van der Waals surface area contributed by atoms with Gasteiger partial charge in [-0.25, -0.2) is 4.79 Å².